The number of piperazine rings is 1. The molecule has 4 heterocycles. The molecule has 3 N–H and O–H groups in total. The van der Waals surface area contributed by atoms with E-state index < -0.39 is 0 Å². The predicted octanol–water partition coefficient (Wildman–Crippen LogP) is 13.8. The second-order valence-corrected chi connectivity index (χ2v) is 24.5. The van der Waals surface area contributed by atoms with Crippen molar-refractivity contribution >= 4 is 11.8 Å². The number of rotatable bonds is 10. The molecule has 0 aromatic rings. The molecule has 0 amide bonds. The Hall–Kier alpha value is 0.150. The van der Waals surface area contributed by atoms with E-state index in [1.54, 1.807) is 0 Å². The lowest BCUT2D eigenvalue weighted by Gasteiger charge is -2.38. The molecule has 6 heteroatoms. The number of hydrogen-bond donors (Lipinski definition) is 3. The van der Waals surface area contributed by atoms with E-state index in [1.807, 2.05) is 0 Å². The summed E-state index contributed by atoms with van der Waals surface area (Å²) in [6.45, 7) is 49.8. The summed E-state index contributed by atoms with van der Waals surface area (Å²) >= 11 is 2.11. The number of nitrogens with one attached hydrogen (secondary N) is 3. The molecule has 0 spiro atoms. The lowest BCUT2D eigenvalue weighted by molar-refractivity contribution is -0.0892. The Morgan fingerprint density at radius 1 is 0.433 bits per heavy atom. The Balaban J connectivity index is 0.000000375. The monoisotopic (exact) mass is 865 g/mol. The van der Waals surface area contributed by atoms with Crippen molar-refractivity contribution < 1.29 is 4.74 Å². The minimum absolute atomic E-state index is 0.520. The summed E-state index contributed by atoms with van der Waals surface area (Å²) in [4.78, 5) is 2.56. The van der Waals surface area contributed by atoms with Gasteiger partial charge >= 0.3 is 0 Å². The summed E-state index contributed by atoms with van der Waals surface area (Å²) in [5.41, 5.74) is 0. The molecule has 1 saturated carbocycles. The normalized spacial score (nSPS) is 30.6. The lowest BCUT2D eigenvalue weighted by atomic mass is 9.72. The van der Waals surface area contributed by atoms with Gasteiger partial charge in [-0.1, -0.05) is 150 Å². The Labute approximate surface area is 383 Å². The van der Waals surface area contributed by atoms with Crippen molar-refractivity contribution in [2.75, 3.05) is 31.1 Å². The van der Waals surface area contributed by atoms with Gasteiger partial charge in [-0.3, -0.25) is 4.90 Å². The largest absolute Gasteiger partial charge is 0.374 e. The Bertz CT molecular complexity index is 771. The molecule has 5 fully saturated rings. The number of nitrogens with zero attached hydrogens (tertiary/aromatic N) is 1. The van der Waals surface area contributed by atoms with Gasteiger partial charge in [-0.25, -0.2) is 0 Å². The highest BCUT2D eigenvalue weighted by atomic mass is 32.2. The van der Waals surface area contributed by atoms with Gasteiger partial charge in [0.1, 0.15) is 0 Å². The van der Waals surface area contributed by atoms with E-state index in [2.05, 4.69) is 171 Å². The van der Waals surface area contributed by atoms with Crippen LogP contribution in [0.4, 0.5) is 0 Å². The smallest absolute Gasteiger partial charge is 0.0601 e. The third kappa shape index (κ3) is 23.4. The number of piperidine rings is 1. The van der Waals surface area contributed by atoms with Gasteiger partial charge in [-0.2, -0.15) is 11.8 Å². The van der Waals surface area contributed by atoms with Crippen molar-refractivity contribution in [2.45, 2.75) is 251 Å². The molecular weight excluding hydrogens is 753 g/mol. The van der Waals surface area contributed by atoms with E-state index in [9.17, 15) is 0 Å². The first-order valence-corrected chi connectivity index (χ1v) is 27.4. The van der Waals surface area contributed by atoms with Gasteiger partial charge in [0.05, 0.1) is 12.2 Å². The van der Waals surface area contributed by atoms with E-state index in [1.165, 1.54) is 88.8 Å². The molecule has 9 unspecified atom stereocenters. The molecular formula is C54H112N4OS. The topological polar surface area (TPSA) is 48.6 Å². The van der Waals surface area contributed by atoms with Crippen LogP contribution >= 0.6 is 11.8 Å². The molecule has 0 aromatic carbocycles. The average molecular weight is 866 g/mol. The van der Waals surface area contributed by atoms with Crippen LogP contribution in [0.3, 0.4) is 0 Å². The quantitative estimate of drug-likeness (QED) is 0.203. The average Bonchev–Trinajstić information content (AvgIpc) is 3.21. The summed E-state index contributed by atoms with van der Waals surface area (Å²) in [5.74, 6) is 11.7. The fourth-order valence-corrected chi connectivity index (χ4v) is 11.2. The number of thioether (sulfide) groups is 1. The molecule has 9 atom stereocenters. The molecule has 4 saturated heterocycles. The number of ether oxygens (including phenoxy) is 1. The van der Waals surface area contributed by atoms with Crippen LogP contribution in [0.2, 0.25) is 0 Å². The van der Waals surface area contributed by atoms with Gasteiger partial charge in [-0.05, 0) is 117 Å². The first-order chi connectivity index (χ1) is 28.0. The van der Waals surface area contributed by atoms with Crippen LogP contribution in [0.5, 0.6) is 0 Å². The third-order valence-corrected chi connectivity index (χ3v) is 16.1. The Kier molecular flexibility index (Phi) is 30.2. The fraction of sp³-hybridized carbons (Fsp3) is 1.00. The van der Waals surface area contributed by atoms with Crippen molar-refractivity contribution in [1.82, 2.24) is 20.9 Å². The minimum Gasteiger partial charge on any atom is -0.374 e. The van der Waals surface area contributed by atoms with Crippen molar-refractivity contribution in [3.8, 4) is 0 Å². The number of hydrogen-bond acceptors (Lipinski definition) is 6. The minimum atomic E-state index is 0.520. The summed E-state index contributed by atoms with van der Waals surface area (Å²) < 4.78 is 6.01. The maximum absolute atomic E-state index is 6.01. The van der Waals surface area contributed by atoms with Crippen molar-refractivity contribution in [3.63, 3.8) is 0 Å². The molecule has 0 radical (unpaired) electrons. The lowest BCUT2D eigenvalue weighted by Crippen LogP contribution is -2.54. The molecule has 5 aliphatic rings. The van der Waals surface area contributed by atoms with Crippen LogP contribution in [0.1, 0.15) is 203 Å². The van der Waals surface area contributed by atoms with E-state index in [-0.39, 0.29) is 0 Å². The van der Waals surface area contributed by atoms with Gasteiger partial charge in [0.25, 0.3) is 0 Å². The van der Waals surface area contributed by atoms with E-state index >= 15 is 0 Å². The zero-order chi connectivity index (χ0) is 45.7. The zero-order valence-electron chi connectivity index (χ0n) is 44.3. The zero-order valence-corrected chi connectivity index (χ0v) is 45.2. The highest BCUT2D eigenvalue weighted by Crippen LogP contribution is 2.37. The highest BCUT2D eigenvalue weighted by Gasteiger charge is 2.29. The van der Waals surface area contributed by atoms with Crippen LogP contribution in [0.25, 0.3) is 0 Å². The summed E-state index contributed by atoms with van der Waals surface area (Å²) in [5, 5.41) is 11.0. The molecule has 5 nitrogen and oxygen atoms in total. The van der Waals surface area contributed by atoms with Crippen LogP contribution in [-0.2, 0) is 4.74 Å². The predicted molar refractivity (Wildman–Crippen MR) is 273 cm³/mol. The van der Waals surface area contributed by atoms with E-state index in [0.29, 0.717) is 36.1 Å². The second kappa shape index (κ2) is 31.1. The molecule has 60 heavy (non-hydrogen) atoms. The van der Waals surface area contributed by atoms with E-state index in [0.717, 1.165) is 84.0 Å². The first kappa shape index (κ1) is 58.2. The fourth-order valence-electron chi connectivity index (χ4n) is 9.57. The van der Waals surface area contributed by atoms with Crippen molar-refractivity contribution in [2.24, 2.45) is 65.1 Å². The van der Waals surface area contributed by atoms with Gasteiger partial charge in [0.2, 0.25) is 0 Å². The highest BCUT2D eigenvalue weighted by molar-refractivity contribution is 7.99. The molecule has 4 aliphatic heterocycles. The van der Waals surface area contributed by atoms with Gasteiger partial charge in [0, 0.05) is 67.4 Å². The van der Waals surface area contributed by atoms with Crippen LogP contribution < -0.4 is 16.0 Å². The van der Waals surface area contributed by atoms with Crippen molar-refractivity contribution in [3.05, 3.63) is 0 Å². The second-order valence-electron chi connectivity index (χ2n) is 23.4. The Morgan fingerprint density at radius 3 is 1.18 bits per heavy atom. The standard InChI is InChI=1S/C12H24.C11H23N.C11H22O.C10H22N2.C10H21NS/c1-9(2)11-6-5-7-12(8-11)10(3)4;2*1-8(2)10-6-5-7-11(12-10)9(3)4;1-8(2)10-7-12(9(3)4)6-5-11-10;1-7(2)9-5-12-6-10(11-9)8(3)4/h9-12H,5-8H2,1-4H3;8-12H,5-7H2,1-4H3;2*8-11H,5-7H2,1-4H3;7-11H,5-6H2,1-4H3. The van der Waals surface area contributed by atoms with Crippen LogP contribution in [0.15, 0.2) is 0 Å². The first-order valence-electron chi connectivity index (χ1n) is 26.3. The summed E-state index contributed by atoms with van der Waals surface area (Å²) in [7, 11) is 0. The van der Waals surface area contributed by atoms with Gasteiger partial charge < -0.3 is 20.7 Å². The summed E-state index contributed by atoms with van der Waals surface area (Å²) in [6, 6.07) is 4.40. The van der Waals surface area contributed by atoms with Crippen LogP contribution in [0, 0.1) is 65.1 Å². The SMILES string of the molecule is CC(C)C1CCCC(C(C)C)C1.CC(C)C1CCCC(C(C)C)N1.CC(C)C1CCCC(C(C)C)O1.CC(C)C1CN(C(C)C)CCN1.CC(C)C1CSCC(C(C)C)N1. The Morgan fingerprint density at radius 2 is 0.817 bits per heavy atom. The van der Waals surface area contributed by atoms with Crippen LogP contribution in [-0.4, -0.2) is 84.5 Å². The van der Waals surface area contributed by atoms with Gasteiger partial charge in [-0.15, -0.1) is 0 Å². The van der Waals surface area contributed by atoms with Crippen molar-refractivity contribution in [1.29, 1.82) is 0 Å². The molecule has 0 bridgehead atoms. The summed E-state index contributed by atoms with van der Waals surface area (Å²) in [6.07, 6.45) is 15.0. The van der Waals surface area contributed by atoms with E-state index in [4.69, 9.17) is 4.74 Å². The van der Waals surface area contributed by atoms with Gasteiger partial charge in [0.15, 0.2) is 0 Å². The molecule has 0 aromatic heterocycles. The maximum atomic E-state index is 6.01. The third-order valence-electron chi connectivity index (χ3n) is 14.9. The maximum Gasteiger partial charge on any atom is 0.0601 e. The molecule has 360 valence electrons. The molecule has 1 aliphatic carbocycles. The molecule has 5 rings (SSSR count).